The number of unbranched alkanes of at least 4 members (excludes halogenated alkanes) is 8. The van der Waals surface area contributed by atoms with Crippen molar-refractivity contribution in [2.45, 2.75) is 104 Å². The lowest BCUT2D eigenvalue weighted by Crippen LogP contribution is -2.31. The molecule has 0 fully saturated rings. The zero-order valence-electron chi connectivity index (χ0n) is 21.5. The zero-order valence-corrected chi connectivity index (χ0v) is 22.4. The first-order valence-electron chi connectivity index (χ1n) is 12.7. The zero-order chi connectivity index (χ0) is 25.8. The van der Waals surface area contributed by atoms with E-state index in [2.05, 4.69) is 6.92 Å². The lowest BCUT2D eigenvalue weighted by Gasteiger charge is -2.22. The maximum atomic E-state index is 12.5. The normalized spacial score (nSPS) is 15.8. The third kappa shape index (κ3) is 18.4. The van der Waals surface area contributed by atoms with Crippen LogP contribution in [-0.2, 0) is 32.7 Å². The summed E-state index contributed by atoms with van der Waals surface area (Å²) in [5, 5.41) is 18.2. The summed E-state index contributed by atoms with van der Waals surface area (Å²) in [7, 11) is -3.58. The Hall–Kier alpha value is -0.990. The molecule has 4 atom stereocenters. The first kappa shape index (κ1) is 33.0. The monoisotopic (exact) mass is 510 g/mol. The molecular weight excluding hydrogens is 463 g/mol. The van der Waals surface area contributed by atoms with Gasteiger partial charge in [-0.3, -0.25) is 14.2 Å². The summed E-state index contributed by atoms with van der Waals surface area (Å²) >= 11 is 0. The van der Waals surface area contributed by atoms with Crippen molar-refractivity contribution in [2.75, 3.05) is 33.1 Å². The Bertz CT molecular complexity index is 585. The average Bonchev–Trinajstić information content (AvgIpc) is 2.82. The molecule has 0 aromatic rings. The van der Waals surface area contributed by atoms with Gasteiger partial charge in [0, 0.05) is 13.1 Å². The third-order valence-electron chi connectivity index (χ3n) is 5.35. The smallest absolute Gasteiger partial charge is 0.327 e. The minimum absolute atomic E-state index is 0.172. The average molecular weight is 511 g/mol. The molecule has 0 aromatic heterocycles. The highest BCUT2D eigenvalue weighted by molar-refractivity contribution is 7.52. The van der Waals surface area contributed by atoms with Crippen molar-refractivity contribution in [2.24, 2.45) is 5.92 Å². The number of ether oxygens (including phenoxy) is 2. The van der Waals surface area contributed by atoms with Gasteiger partial charge < -0.3 is 28.7 Å². The molecule has 9 nitrogen and oxygen atoms in total. The van der Waals surface area contributed by atoms with E-state index in [1.54, 1.807) is 13.8 Å². The van der Waals surface area contributed by atoms with E-state index < -0.39 is 38.3 Å². The summed E-state index contributed by atoms with van der Waals surface area (Å²) in [5.74, 6) is -1.20. The fourth-order valence-electron chi connectivity index (χ4n) is 3.09. The molecule has 0 aliphatic heterocycles. The van der Waals surface area contributed by atoms with E-state index in [1.807, 2.05) is 0 Å². The molecule has 0 saturated heterocycles. The van der Waals surface area contributed by atoms with Crippen molar-refractivity contribution in [3.05, 3.63) is 0 Å². The van der Waals surface area contributed by atoms with Gasteiger partial charge in [0.1, 0.15) is 12.7 Å². The predicted octanol–water partition coefficient (Wildman–Crippen LogP) is 4.62. The highest BCUT2D eigenvalue weighted by Crippen LogP contribution is 2.44. The molecule has 3 unspecified atom stereocenters. The Morgan fingerprint density at radius 3 is 2.00 bits per heavy atom. The van der Waals surface area contributed by atoms with Crippen LogP contribution in [0.1, 0.15) is 91.4 Å². The maximum absolute atomic E-state index is 12.5. The quantitative estimate of drug-likeness (QED) is 0.122. The molecule has 2 N–H and O–H groups in total. The molecule has 0 saturated carbocycles. The largest absolute Gasteiger partial charge is 0.462 e. The molecule has 0 spiro atoms. The van der Waals surface area contributed by atoms with Gasteiger partial charge in [0.2, 0.25) is 0 Å². The second-order valence-electron chi connectivity index (χ2n) is 8.81. The molecule has 10 heteroatoms. The second kappa shape index (κ2) is 20.2. The van der Waals surface area contributed by atoms with E-state index in [4.69, 9.17) is 23.6 Å². The predicted molar refractivity (Wildman–Crippen MR) is 131 cm³/mol. The summed E-state index contributed by atoms with van der Waals surface area (Å²) in [6.45, 7) is 5.45. The highest BCUT2D eigenvalue weighted by Gasteiger charge is 2.26. The van der Waals surface area contributed by atoms with Crippen LogP contribution < -0.4 is 0 Å². The SMILES string of the molecule is CCCCCCCCCCCC(C)C(=O)O[C@H](COC(=O)CC)COP(C)(=O)OCC(O)CO. The summed E-state index contributed by atoms with van der Waals surface area (Å²) in [5.41, 5.74) is 0. The van der Waals surface area contributed by atoms with Gasteiger partial charge in [0.15, 0.2) is 6.10 Å². The topological polar surface area (TPSA) is 129 Å². The minimum Gasteiger partial charge on any atom is -0.462 e. The Morgan fingerprint density at radius 2 is 1.44 bits per heavy atom. The van der Waals surface area contributed by atoms with Crippen molar-refractivity contribution in [1.82, 2.24) is 0 Å². The number of aliphatic hydroxyl groups is 2. The Kier molecular flexibility index (Phi) is 19.6. The van der Waals surface area contributed by atoms with Gasteiger partial charge in [-0.25, -0.2) is 0 Å². The van der Waals surface area contributed by atoms with Gasteiger partial charge in [-0.2, -0.15) is 0 Å². The fourth-order valence-corrected chi connectivity index (χ4v) is 4.05. The van der Waals surface area contributed by atoms with Gasteiger partial charge in [0.25, 0.3) is 0 Å². The Labute approximate surface area is 205 Å². The number of aliphatic hydroxyl groups excluding tert-OH is 2. The standard InChI is InChI=1S/C24H47O9P/c1-5-7-8-9-10-11-12-13-14-15-20(3)24(28)33-22(18-30-23(27)6-2)19-32-34(4,29)31-17-21(26)16-25/h20-22,25-26H,5-19H2,1-4H3/t20?,21?,22-,34?/m1/s1. The molecule has 34 heavy (non-hydrogen) atoms. The molecule has 0 radical (unpaired) electrons. The van der Waals surface area contributed by atoms with E-state index >= 15 is 0 Å². The van der Waals surface area contributed by atoms with Crippen molar-refractivity contribution in [3.63, 3.8) is 0 Å². The molecule has 0 aromatic carbocycles. The van der Waals surface area contributed by atoms with Crippen molar-refractivity contribution < 1.29 is 42.9 Å². The third-order valence-corrected chi connectivity index (χ3v) is 6.59. The number of carbonyl (C=O) groups is 2. The summed E-state index contributed by atoms with van der Waals surface area (Å²) in [4.78, 5) is 24.0. The van der Waals surface area contributed by atoms with Gasteiger partial charge >= 0.3 is 19.5 Å². The number of rotatable bonds is 22. The molecule has 0 rings (SSSR count). The van der Waals surface area contributed by atoms with Crippen LogP contribution in [0.4, 0.5) is 0 Å². The van der Waals surface area contributed by atoms with E-state index in [1.165, 1.54) is 45.2 Å². The lowest BCUT2D eigenvalue weighted by molar-refractivity contribution is -0.164. The molecule has 0 amide bonds. The van der Waals surface area contributed by atoms with Crippen LogP contribution >= 0.6 is 7.60 Å². The van der Waals surface area contributed by atoms with Crippen LogP contribution in [0.2, 0.25) is 0 Å². The number of hydrogen-bond acceptors (Lipinski definition) is 9. The molecule has 0 heterocycles. The summed E-state index contributed by atoms with van der Waals surface area (Å²) < 4.78 is 33.2. The van der Waals surface area contributed by atoms with Crippen LogP contribution in [0.25, 0.3) is 0 Å². The minimum atomic E-state index is -3.58. The van der Waals surface area contributed by atoms with E-state index in [-0.39, 0.29) is 32.2 Å². The van der Waals surface area contributed by atoms with E-state index in [9.17, 15) is 19.3 Å². The Morgan fingerprint density at radius 1 is 0.882 bits per heavy atom. The number of hydrogen-bond donors (Lipinski definition) is 2. The summed E-state index contributed by atoms with van der Waals surface area (Å²) in [6.07, 6.45) is 9.56. The van der Waals surface area contributed by atoms with Gasteiger partial charge in [-0.15, -0.1) is 0 Å². The first-order chi connectivity index (χ1) is 16.1. The molecular formula is C24H47O9P. The van der Waals surface area contributed by atoms with Gasteiger partial charge in [-0.1, -0.05) is 78.6 Å². The van der Waals surface area contributed by atoms with Gasteiger partial charge in [0.05, 0.1) is 25.7 Å². The molecule has 202 valence electrons. The van der Waals surface area contributed by atoms with Crippen LogP contribution in [-0.4, -0.2) is 67.5 Å². The summed E-state index contributed by atoms with van der Waals surface area (Å²) in [6, 6.07) is 0. The second-order valence-corrected chi connectivity index (χ2v) is 10.9. The molecule has 0 aliphatic rings. The number of carbonyl (C=O) groups excluding carboxylic acids is 2. The lowest BCUT2D eigenvalue weighted by atomic mass is 10.0. The van der Waals surface area contributed by atoms with E-state index in [0.717, 1.165) is 19.3 Å². The van der Waals surface area contributed by atoms with Crippen LogP contribution in [0.3, 0.4) is 0 Å². The van der Waals surface area contributed by atoms with Gasteiger partial charge in [-0.05, 0) is 6.42 Å². The molecule has 0 aliphatic carbocycles. The van der Waals surface area contributed by atoms with Crippen LogP contribution in [0, 0.1) is 5.92 Å². The van der Waals surface area contributed by atoms with Crippen LogP contribution in [0.15, 0.2) is 0 Å². The van der Waals surface area contributed by atoms with Crippen molar-refractivity contribution >= 4 is 19.5 Å². The number of esters is 2. The van der Waals surface area contributed by atoms with Crippen molar-refractivity contribution in [3.8, 4) is 0 Å². The highest BCUT2D eigenvalue weighted by atomic mass is 31.2. The van der Waals surface area contributed by atoms with Crippen molar-refractivity contribution in [1.29, 1.82) is 0 Å². The first-order valence-corrected chi connectivity index (χ1v) is 14.7. The van der Waals surface area contributed by atoms with E-state index in [0.29, 0.717) is 6.42 Å². The maximum Gasteiger partial charge on any atom is 0.327 e. The van der Waals surface area contributed by atoms with Crippen LogP contribution in [0.5, 0.6) is 0 Å². The fraction of sp³-hybridized carbons (Fsp3) is 0.917. The Balaban J connectivity index is 4.46. The molecule has 0 bridgehead atoms.